The number of aromatic nitrogens is 2. The average molecular weight is 364 g/mol. The Balaban J connectivity index is 1.62. The lowest BCUT2D eigenvalue weighted by Crippen LogP contribution is -2.09. The predicted octanol–water partition coefficient (Wildman–Crippen LogP) is 4.45. The third-order valence-corrected chi connectivity index (χ3v) is 4.13. The highest BCUT2D eigenvalue weighted by molar-refractivity contribution is 5.79. The van der Waals surface area contributed by atoms with Gasteiger partial charge in [-0.1, -0.05) is 24.3 Å². The molecule has 0 fully saturated rings. The molecule has 4 aromatic rings. The van der Waals surface area contributed by atoms with Gasteiger partial charge in [-0.05, 0) is 36.4 Å². The molecule has 1 heterocycles. The summed E-state index contributed by atoms with van der Waals surface area (Å²) in [5.74, 6) is -0.402. The van der Waals surface area contributed by atoms with Gasteiger partial charge in [0.05, 0.1) is 10.9 Å². The number of halogens is 2. The Bertz CT molecular complexity index is 1190. The summed E-state index contributed by atoms with van der Waals surface area (Å²) in [6, 6.07) is 17.4. The van der Waals surface area contributed by atoms with E-state index in [1.54, 1.807) is 42.5 Å². The van der Waals surface area contributed by atoms with Crippen molar-refractivity contribution in [3.63, 3.8) is 0 Å². The molecule has 0 aliphatic heterocycles. The smallest absolute Gasteiger partial charge is 0.259 e. The number of fused-ring (bicyclic) bond motifs is 1. The number of para-hydroxylation sites is 1. The number of hydrogen-bond acceptors (Lipinski definition) is 3. The van der Waals surface area contributed by atoms with Crippen molar-refractivity contribution in [3.05, 3.63) is 94.3 Å². The first-order valence-electron chi connectivity index (χ1n) is 8.26. The van der Waals surface area contributed by atoms with Gasteiger partial charge >= 0.3 is 0 Å². The zero-order valence-electron chi connectivity index (χ0n) is 14.1. The third-order valence-electron chi connectivity index (χ3n) is 4.13. The van der Waals surface area contributed by atoms with Crippen LogP contribution in [0, 0.1) is 11.6 Å². The molecule has 0 saturated carbocycles. The van der Waals surface area contributed by atoms with Gasteiger partial charge in [-0.15, -0.1) is 0 Å². The second-order valence-electron chi connectivity index (χ2n) is 5.98. The zero-order chi connectivity index (χ0) is 18.8. The molecule has 1 N–H and O–H groups in total. The average Bonchev–Trinajstić information content (AvgIpc) is 2.67. The Morgan fingerprint density at radius 2 is 1.81 bits per heavy atom. The number of hydrogen-bond donors (Lipinski definition) is 1. The van der Waals surface area contributed by atoms with Gasteiger partial charge in [0.1, 0.15) is 29.8 Å². The number of rotatable bonds is 4. The number of nitrogens with one attached hydrogen (secondary N) is 1. The second-order valence-corrected chi connectivity index (χ2v) is 5.98. The highest BCUT2D eigenvalue weighted by atomic mass is 19.1. The number of benzene rings is 3. The number of ether oxygens (including phenoxy) is 1. The van der Waals surface area contributed by atoms with Gasteiger partial charge in [-0.3, -0.25) is 4.79 Å². The maximum absolute atomic E-state index is 13.7. The van der Waals surface area contributed by atoms with E-state index < -0.39 is 11.6 Å². The van der Waals surface area contributed by atoms with Crippen molar-refractivity contribution in [2.75, 3.05) is 0 Å². The van der Waals surface area contributed by atoms with Crippen molar-refractivity contribution in [3.8, 4) is 17.1 Å². The molecule has 0 unspecified atom stereocenters. The van der Waals surface area contributed by atoms with Crippen LogP contribution < -0.4 is 10.3 Å². The highest BCUT2D eigenvalue weighted by Crippen LogP contribution is 2.23. The van der Waals surface area contributed by atoms with E-state index in [0.29, 0.717) is 28.0 Å². The molecule has 1 aromatic heterocycles. The monoisotopic (exact) mass is 364 g/mol. The maximum atomic E-state index is 13.7. The first-order chi connectivity index (χ1) is 13.1. The molecule has 0 aliphatic carbocycles. The molecule has 27 heavy (non-hydrogen) atoms. The van der Waals surface area contributed by atoms with Gasteiger partial charge in [0, 0.05) is 17.2 Å². The lowest BCUT2D eigenvalue weighted by molar-refractivity contribution is 0.299. The fourth-order valence-corrected chi connectivity index (χ4v) is 2.76. The number of nitrogens with zero attached hydrogens (tertiary/aromatic N) is 1. The summed E-state index contributed by atoms with van der Waals surface area (Å²) >= 11 is 0. The van der Waals surface area contributed by atoms with E-state index in [2.05, 4.69) is 9.97 Å². The van der Waals surface area contributed by atoms with Crippen molar-refractivity contribution in [1.29, 1.82) is 0 Å². The van der Waals surface area contributed by atoms with Gasteiger partial charge < -0.3 is 9.72 Å². The summed E-state index contributed by atoms with van der Waals surface area (Å²) in [5.41, 5.74) is 1.28. The van der Waals surface area contributed by atoms with Crippen LogP contribution in [0.15, 0.2) is 71.5 Å². The first-order valence-corrected chi connectivity index (χ1v) is 8.26. The van der Waals surface area contributed by atoms with E-state index >= 15 is 0 Å². The Kier molecular flexibility index (Phi) is 4.38. The van der Waals surface area contributed by atoms with E-state index in [9.17, 15) is 13.6 Å². The van der Waals surface area contributed by atoms with Crippen LogP contribution in [-0.2, 0) is 6.61 Å². The summed E-state index contributed by atoms with van der Waals surface area (Å²) in [5, 5.41) is 0.514. The van der Waals surface area contributed by atoms with Gasteiger partial charge in [-0.2, -0.15) is 0 Å². The minimum Gasteiger partial charge on any atom is -0.489 e. The van der Waals surface area contributed by atoms with E-state index in [1.807, 2.05) is 6.07 Å². The van der Waals surface area contributed by atoms with Gasteiger partial charge in [0.15, 0.2) is 0 Å². The van der Waals surface area contributed by atoms with Crippen LogP contribution in [0.4, 0.5) is 8.78 Å². The summed E-state index contributed by atoms with van der Waals surface area (Å²) in [6.45, 7) is -0.0444. The Labute approximate surface area is 153 Å². The van der Waals surface area contributed by atoms with Crippen LogP contribution in [0.5, 0.6) is 5.75 Å². The Morgan fingerprint density at radius 1 is 0.963 bits per heavy atom. The molecule has 0 amide bonds. The van der Waals surface area contributed by atoms with Crippen molar-refractivity contribution in [2.45, 2.75) is 6.61 Å². The fraction of sp³-hybridized carbons (Fsp3) is 0.0476. The molecule has 6 heteroatoms. The van der Waals surface area contributed by atoms with Crippen LogP contribution in [0.2, 0.25) is 0 Å². The third kappa shape index (κ3) is 3.55. The molecule has 3 aromatic carbocycles. The molecule has 0 saturated heterocycles. The topological polar surface area (TPSA) is 55.0 Å². The number of H-pyrrole nitrogens is 1. The summed E-state index contributed by atoms with van der Waals surface area (Å²) in [6.07, 6.45) is 0. The van der Waals surface area contributed by atoms with Crippen LogP contribution in [0.3, 0.4) is 0 Å². The van der Waals surface area contributed by atoms with Crippen molar-refractivity contribution in [2.24, 2.45) is 0 Å². The summed E-state index contributed by atoms with van der Waals surface area (Å²) < 4.78 is 32.3. The van der Waals surface area contributed by atoms with Crippen molar-refractivity contribution < 1.29 is 13.5 Å². The maximum Gasteiger partial charge on any atom is 0.259 e. The van der Waals surface area contributed by atoms with Crippen molar-refractivity contribution in [1.82, 2.24) is 9.97 Å². The van der Waals surface area contributed by atoms with E-state index in [4.69, 9.17) is 4.74 Å². The molecule has 0 radical (unpaired) electrons. The summed E-state index contributed by atoms with van der Waals surface area (Å²) in [7, 11) is 0. The number of aromatic amines is 1. The SMILES string of the molecule is O=c1[nH]c(-c2cccc(OCc3ccc(F)cc3F)c2)nc2ccccc12. The van der Waals surface area contributed by atoms with Gasteiger partial charge in [0.2, 0.25) is 0 Å². The first kappa shape index (κ1) is 16.9. The quantitative estimate of drug-likeness (QED) is 0.582. The molecule has 0 bridgehead atoms. The minimum atomic E-state index is -0.660. The molecular weight excluding hydrogens is 350 g/mol. The van der Waals surface area contributed by atoms with Gasteiger partial charge in [0.25, 0.3) is 5.56 Å². The van der Waals surface area contributed by atoms with Crippen molar-refractivity contribution >= 4 is 10.9 Å². The van der Waals surface area contributed by atoms with Crippen LogP contribution in [-0.4, -0.2) is 9.97 Å². The van der Waals surface area contributed by atoms with Crippen LogP contribution >= 0.6 is 0 Å². The Morgan fingerprint density at radius 3 is 2.67 bits per heavy atom. The fourth-order valence-electron chi connectivity index (χ4n) is 2.76. The molecule has 0 spiro atoms. The van der Waals surface area contributed by atoms with E-state index in [-0.39, 0.29) is 17.7 Å². The largest absolute Gasteiger partial charge is 0.489 e. The van der Waals surface area contributed by atoms with Crippen LogP contribution in [0.25, 0.3) is 22.3 Å². The summed E-state index contributed by atoms with van der Waals surface area (Å²) in [4.78, 5) is 19.5. The zero-order valence-corrected chi connectivity index (χ0v) is 14.1. The lowest BCUT2D eigenvalue weighted by atomic mass is 10.2. The normalized spacial score (nSPS) is 10.9. The Hall–Kier alpha value is -3.54. The van der Waals surface area contributed by atoms with Gasteiger partial charge in [-0.25, -0.2) is 13.8 Å². The van der Waals surface area contributed by atoms with E-state index in [0.717, 1.165) is 6.07 Å². The second kappa shape index (κ2) is 6.99. The lowest BCUT2D eigenvalue weighted by Gasteiger charge is -2.09. The molecule has 0 atom stereocenters. The molecule has 4 rings (SSSR count). The molecule has 134 valence electrons. The molecule has 0 aliphatic rings. The molecular formula is C21H14F2N2O2. The molecule has 4 nitrogen and oxygen atoms in total. The minimum absolute atomic E-state index is 0.0444. The highest BCUT2D eigenvalue weighted by Gasteiger charge is 2.08. The predicted molar refractivity (Wildman–Crippen MR) is 98.5 cm³/mol. The van der Waals surface area contributed by atoms with Crippen LogP contribution in [0.1, 0.15) is 5.56 Å². The standard InChI is InChI=1S/C21H14F2N2O2/c22-15-9-8-14(18(23)11-15)12-27-16-5-3-4-13(10-16)20-24-19-7-2-1-6-17(19)21(26)25-20/h1-11H,12H2,(H,24,25,26). The van der Waals surface area contributed by atoms with E-state index in [1.165, 1.54) is 12.1 Å².